The van der Waals surface area contributed by atoms with Gasteiger partial charge in [0.15, 0.2) is 0 Å². The summed E-state index contributed by atoms with van der Waals surface area (Å²) < 4.78 is 6.65. The number of nitrogens with zero attached hydrogens (tertiary/aromatic N) is 1. The van der Waals surface area contributed by atoms with E-state index in [2.05, 4.69) is 109 Å². The van der Waals surface area contributed by atoms with Crippen LogP contribution in [0, 0.1) is 11.8 Å². The minimum absolute atomic E-state index is 0.00867. The van der Waals surface area contributed by atoms with Crippen LogP contribution >= 0.6 is 0 Å². The molecular weight excluding hydrogens is 611 g/mol. The molecule has 0 spiro atoms. The van der Waals surface area contributed by atoms with Crippen LogP contribution in [-0.2, 0) is 24.7 Å². The molecule has 4 heteroatoms. The fourth-order valence-corrected chi connectivity index (χ4v) is 11.3. The first-order valence-electron chi connectivity index (χ1n) is 19.5. The van der Waals surface area contributed by atoms with Crippen LogP contribution in [0.15, 0.2) is 123 Å². The number of nitrogens with one attached hydrogen (secondary N) is 2. The first kappa shape index (κ1) is 29.5. The molecule has 2 aromatic rings. The van der Waals surface area contributed by atoms with E-state index in [1.165, 1.54) is 86.8 Å². The van der Waals surface area contributed by atoms with Gasteiger partial charge in [0.25, 0.3) is 0 Å². The Morgan fingerprint density at radius 2 is 1.80 bits per heavy atom. The molecule has 1 aromatic carbocycles. The molecule has 2 aliphatic heterocycles. The third-order valence-electron chi connectivity index (χ3n) is 13.5. The highest BCUT2D eigenvalue weighted by Gasteiger charge is 2.54. The number of benzene rings is 1. The van der Waals surface area contributed by atoms with Crippen molar-refractivity contribution in [2.24, 2.45) is 11.8 Å². The molecule has 0 saturated carbocycles. The second kappa shape index (κ2) is 10.9. The number of allylic oxidation sites excluding steroid dienone is 12. The summed E-state index contributed by atoms with van der Waals surface area (Å²) in [5, 5.41) is 0. The van der Waals surface area contributed by atoms with Gasteiger partial charge in [-0.1, -0.05) is 86.7 Å². The van der Waals surface area contributed by atoms with Gasteiger partial charge >= 0.3 is 0 Å². The predicted molar refractivity (Wildman–Crippen MR) is 201 cm³/mol. The van der Waals surface area contributed by atoms with Crippen LogP contribution in [0.5, 0.6) is 0 Å². The molecule has 4 unspecified atom stereocenters. The molecule has 0 bridgehead atoms. The lowest BCUT2D eigenvalue weighted by molar-refractivity contribution is 0.310. The maximum absolute atomic E-state index is 6.65. The number of aryl methyl sites for hydroxylation is 1. The van der Waals surface area contributed by atoms with Gasteiger partial charge in [-0.05, 0) is 120 Å². The van der Waals surface area contributed by atoms with Crippen molar-refractivity contribution in [2.75, 3.05) is 0 Å². The second-order valence-corrected chi connectivity index (χ2v) is 16.4. The smallest absolute Gasteiger partial charge is 0.137 e. The van der Waals surface area contributed by atoms with Crippen molar-refractivity contribution < 1.29 is 4.42 Å². The molecule has 0 radical (unpaired) electrons. The van der Waals surface area contributed by atoms with Gasteiger partial charge in [-0.25, -0.2) is 5.43 Å². The zero-order valence-corrected chi connectivity index (χ0v) is 29.4. The second-order valence-electron chi connectivity index (χ2n) is 16.4. The number of hydrogen-bond acceptors (Lipinski definition) is 4. The molecule has 3 heterocycles. The van der Waals surface area contributed by atoms with E-state index in [1.54, 1.807) is 16.7 Å². The summed E-state index contributed by atoms with van der Waals surface area (Å²) in [6.45, 7) is 4.92. The first-order chi connectivity index (χ1) is 24.6. The fourth-order valence-electron chi connectivity index (χ4n) is 11.3. The number of furan rings is 1. The zero-order valence-electron chi connectivity index (χ0n) is 29.4. The van der Waals surface area contributed by atoms with Gasteiger partial charge in [0.1, 0.15) is 17.3 Å². The van der Waals surface area contributed by atoms with Gasteiger partial charge in [-0.15, -0.1) is 0 Å². The molecule has 0 amide bonds. The summed E-state index contributed by atoms with van der Waals surface area (Å²) in [6.07, 6.45) is 34.4. The summed E-state index contributed by atoms with van der Waals surface area (Å²) in [7, 11) is 0. The third kappa shape index (κ3) is 4.03. The normalized spacial score (nSPS) is 29.8. The average molecular weight is 658 g/mol. The maximum atomic E-state index is 6.65. The van der Waals surface area contributed by atoms with E-state index in [4.69, 9.17) is 4.42 Å². The van der Waals surface area contributed by atoms with Gasteiger partial charge < -0.3 is 14.7 Å². The van der Waals surface area contributed by atoms with E-state index in [9.17, 15) is 0 Å². The van der Waals surface area contributed by atoms with Gasteiger partial charge in [0, 0.05) is 40.5 Å². The molecule has 2 N–H and O–H groups in total. The Kier molecular flexibility index (Phi) is 6.40. The summed E-state index contributed by atoms with van der Waals surface area (Å²) >= 11 is 0. The first-order valence-corrected chi connectivity index (χ1v) is 19.5. The molecule has 50 heavy (non-hydrogen) atoms. The van der Waals surface area contributed by atoms with Gasteiger partial charge in [0.2, 0.25) is 0 Å². The van der Waals surface area contributed by atoms with Crippen LogP contribution in [-0.4, -0.2) is 17.0 Å². The molecule has 1 aromatic heterocycles. The molecule has 4 atom stereocenters. The fraction of sp³-hybridized carbons (Fsp3) is 0.391. The molecule has 0 fully saturated rings. The van der Waals surface area contributed by atoms with Crippen molar-refractivity contribution in [3.05, 3.63) is 152 Å². The number of fused-ring (bicyclic) bond motifs is 10. The summed E-state index contributed by atoms with van der Waals surface area (Å²) in [4.78, 5) is 2.75. The van der Waals surface area contributed by atoms with E-state index >= 15 is 0 Å². The van der Waals surface area contributed by atoms with Gasteiger partial charge in [-0.2, -0.15) is 0 Å². The van der Waals surface area contributed by atoms with Crippen LogP contribution in [0.2, 0.25) is 0 Å². The molecular formula is C46H47N3O. The highest BCUT2D eigenvalue weighted by Crippen LogP contribution is 2.62. The van der Waals surface area contributed by atoms with Crippen LogP contribution in [0.25, 0.3) is 11.1 Å². The third-order valence-corrected chi connectivity index (χ3v) is 13.5. The highest BCUT2D eigenvalue weighted by atomic mass is 16.3. The van der Waals surface area contributed by atoms with Crippen molar-refractivity contribution in [3.63, 3.8) is 0 Å². The van der Waals surface area contributed by atoms with Crippen LogP contribution in [0.1, 0.15) is 99.0 Å². The maximum Gasteiger partial charge on any atom is 0.137 e. The number of hydrogen-bond donors (Lipinski definition) is 2. The van der Waals surface area contributed by atoms with Crippen LogP contribution in [0.3, 0.4) is 0 Å². The van der Waals surface area contributed by atoms with Crippen molar-refractivity contribution in [3.8, 4) is 0 Å². The molecule has 7 aliphatic carbocycles. The van der Waals surface area contributed by atoms with Crippen LogP contribution in [0.4, 0.5) is 0 Å². The van der Waals surface area contributed by atoms with E-state index < -0.39 is 0 Å². The standard InChI is InChI=1S/C46H47N3O/c1-46(2)36-22-8-5-18-34(36)41-42-35-19-6-9-23-38(35)49(44(42)32-17-4-3-16-31(32)43(41)46)40-26-37(47-48-40)28-14-11-13-27(25-28)29-20-12-21-33-30-15-7-10-24-39(30)50-45(29)33/h3,5-6,8,11,13-14,16,18-20,22,26,28,37,42,44,47-48H,4,7,9-10,12,15,17,21,23-25H2,1-2H3. The van der Waals surface area contributed by atoms with E-state index in [1.807, 2.05) is 0 Å². The molecule has 0 saturated heterocycles. The van der Waals surface area contributed by atoms with E-state index in [0.717, 1.165) is 51.4 Å². The topological polar surface area (TPSA) is 40.4 Å². The monoisotopic (exact) mass is 657 g/mol. The Hall–Kier alpha value is -4.28. The van der Waals surface area contributed by atoms with Crippen molar-refractivity contribution in [1.29, 1.82) is 0 Å². The van der Waals surface area contributed by atoms with Gasteiger partial charge in [0.05, 0.1) is 12.1 Å². The van der Waals surface area contributed by atoms with Crippen molar-refractivity contribution in [2.45, 2.75) is 102 Å². The quantitative estimate of drug-likeness (QED) is 0.345. The predicted octanol–water partition coefficient (Wildman–Crippen LogP) is 9.62. The minimum Gasteiger partial charge on any atom is -0.461 e. The molecule has 11 rings (SSSR count). The highest BCUT2D eigenvalue weighted by molar-refractivity contribution is 5.91. The van der Waals surface area contributed by atoms with Crippen molar-refractivity contribution in [1.82, 2.24) is 15.8 Å². The Morgan fingerprint density at radius 1 is 0.920 bits per heavy atom. The van der Waals surface area contributed by atoms with E-state index in [0.29, 0.717) is 17.9 Å². The SMILES string of the molecule is CC1(C)C2=C(c3ccccc31)C1C3=C(CCC=C3)N(C3=CC(C4C=CC=C(C5=CCCc6c5oc5c6CCCC5)C4)NN3)C1C1=C2C=CCC1. The van der Waals surface area contributed by atoms with Crippen molar-refractivity contribution >= 4 is 11.1 Å². The van der Waals surface area contributed by atoms with Gasteiger partial charge in [-0.3, -0.25) is 0 Å². The number of hydrazine groups is 1. The van der Waals surface area contributed by atoms with E-state index in [-0.39, 0.29) is 11.5 Å². The Morgan fingerprint density at radius 3 is 2.76 bits per heavy atom. The number of rotatable bonds is 3. The largest absolute Gasteiger partial charge is 0.461 e. The Balaban J connectivity index is 0.948. The molecule has 252 valence electrons. The Labute approximate surface area is 296 Å². The molecule has 9 aliphatic rings. The molecule has 4 nitrogen and oxygen atoms in total. The summed E-state index contributed by atoms with van der Waals surface area (Å²) in [6, 6.07) is 9.78. The van der Waals surface area contributed by atoms with Crippen LogP contribution < -0.4 is 10.9 Å². The Bertz CT molecular complexity index is 2150. The lowest BCUT2D eigenvalue weighted by Gasteiger charge is -2.42. The lowest BCUT2D eigenvalue weighted by atomic mass is 9.67. The minimum atomic E-state index is -0.00867. The average Bonchev–Trinajstić information content (AvgIpc) is 3.92. The zero-order chi connectivity index (χ0) is 33.1. The summed E-state index contributed by atoms with van der Waals surface area (Å²) in [5.74, 6) is 4.40. The summed E-state index contributed by atoms with van der Waals surface area (Å²) in [5.41, 5.74) is 25.7. The lowest BCUT2D eigenvalue weighted by Crippen LogP contribution is -2.44.